The smallest absolute Gasteiger partial charge is 0.238 e. The third kappa shape index (κ3) is 3.83. The third-order valence-electron chi connectivity index (χ3n) is 2.28. The van der Waals surface area contributed by atoms with Crippen molar-refractivity contribution in [3.63, 3.8) is 0 Å². The van der Waals surface area contributed by atoms with E-state index in [4.69, 9.17) is 0 Å². The van der Waals surface area contributed by atoms with Gasteiger partial charge in [-0.25, -0.2) is 0 Å². The van der Waals surface area contributed by atoms with Crippen molar-refractivity contribution in [3.05, 3.63) is 28.8 Å². The molecule has 0 fully saturated rings. The van der Waals surface area contributed by atoms with Crippen LogP contribution in [0.3, 0.4) is 0 Å². The number of carbonyl (C=O) groups is 1. The van der Waals surface area contributed by atoms with Gasteiger partial charge in [0.2, 0.25) is 5.91 Å². The average Bonchev–Trinajstić information content (AvgIpc) is 2.11. The van der Waals surface area contributed by atoms with E-state index >= 15 is 0 Å². The Hall–Kier alpha value is -1.06. The molecule has 2 N–H and O–H groups in total. The maximum Gasteiger partial charge on any atom is 0.238 e. The minimum absolute atomic E-state index is 0. The van der Waals surface area contributed by atoms with Gasteiger partial charge in [-0.3, -0.25) is 4.79 Å². The molecule has 1 rings (SSSR count). The first kappa shape index (κ1) is 14.9. The average molecular weight is 243 g/mol. The minimum Gasteiger partial charge on any atom is -0.324 e. The molecule has 1 amide bonds. The molecule has 0 atom stereocenters. The van der Waals surface area contributed by atoms with Crippen LogP contribution in [0.15, 0.2) is 12.1 Å². The van der Waals surface area contributed by atoms with E-state index in [1.807, 2.05) is 13.8 Å². The number of halogens is 1. The van der Waals surface area contributed by atoms with Gasteiger partial charge in [-0.15, -0.1) is 12.4 Å². The molecule has 0 saturated heterocycles. The van der Waals surface area contributed by atoms with Crippen molar-refractivity contribution in [2.24, 2.45) is 0 Å². The lowest BCUT2D eigenvalue weighted by molar-refractivity contribution is -0.115. The summed E-state index contributed by atoms with van der Waals surface area (Å²) in [5, 5.41) is 5.73. The summed E-state index contributed by atoms with van der Waals surface area (Å²) in [6, 6.07) is 4.14. The predicted octanol–water partition coefficient (Wildman–Crippen LogP) is 2.19. The second-order valence-corrected chi connectivity index (χ2v) is 3.85. The molecule has 90 valence electrons. The Morgan fingerprint density at radius 2 is 1.69 bits per heavy atom. The molecule has 0 aromatic heterocycles. The number of rotatable bonds is 3. The van der Waals surface area contributed by atoms with Gasteiger partial charge in [-0.05, 0) is 38.9 Å². The fourth-order valence-electron chi connectivity index (χ4n) is 1.72. The number of hydrogen-bond donors (Lipinski definition) is 2. The zero-order valence-corrected chi connectivity index (χ0v) is 11.0. The van der Waals surface area contributed by atoms with E-state index in [1.165, 1.54) is 5.56 Å². The quantitative estimate of drug-likeness (QED) is 0.853. The lowest BCUT2D eigenvalue weighted by Crippen LogP contribution is -2.25. The van der Waals surface area contributed by atoms with E-state index in [0.29, 0.717) is 6.54 Å². The number of anilines is 1. The first-order chi connectivity index (χ1) is 7.04. The molecular formula is C12H19ClN2O. The Kier molecular flexibility index (Phi) is 6.08. The van der Waals surface area contributed by atoms with E-state index in [1.54, 1.807) is 7.05 Å². The van der Waals surface area contributed by atoms with Gasteiger partial charge in [0.25, 0.3) is 0 Å². The van der Waals surface area contributed by atoms with E-state index in [9.17, 15) is 4.79 Å². The maximum atomic E-state index is 11.4. The van der Waals surface area contributed by atoms with Gasteiger partial charge in [0, 0.05) is 5.69 Å². The molecule has 0 unspecified atom stereocenters. The minimum atomic E-state index is -0.00690. The monoisotopic (exact) mass is 242 g/mol. The second-order valence-electron chi connectivity index (χ2n) is 3.85. The zero-order valence-electron chi connectivity index (χ0n) is 10.2. The van der Waals surface area contributed by atoms with Crippen LogP contribution in [0, 0.1) is 20.8 Å². The Morgan fingerprint density at radius 3 is 2.12 bits per heavy atom. The SMILES string of the molecule is CNCC(=O)Nc1c(C)cc(C)cc1C.Cl. The first-order valence-electron chi connectivity index (χ1n) is 5.07. The Labute approximate surface area is 103 Å². The van der Waals surface area contributed by atoms with Gasteiger partial charge in [-0.2, -0.15) is 0 Å². The highest BCUT2D eigenvalue weighted by molar-refractivity contribution is 5.93. The van der Waals surface area contributed by atoms with Crippen molar-refractivity contribution in [3.8, 4) is 0 Å². The third-order valence-corrected chi connectivity index (χ3v) is 2.28. The predicted molar refractivity (Wildman–Crippen MR) is 70.5 cm³/mol. The Morgan fingerprint density at radius 1 is 1.19 bits per heavy atom. The van der Waals surface area contributed by atoms with Gasteiger partial charge >= 0.3 is 0 Å². The zero-order chi connectivity index (χ0) is 11.4. The molecule has 0 aliphatic heterocycles. The summed E-state index contributed by atoms with van der Waals surface area (Å²) in [4.78, 5) is 11.4. The molecule has 0 spiro atoms. The summed E-state index contributed by atoms with van der Waals surface area (Å²) >= 11 is 0. The highest BCUT2D eigenvalue weighted by Crippen LogP contribution is 2.21. The van der Waals surface area contributed by atoms with Crippen molar-refractivity contribution >= 4 is 24.0 Å². The second kappa shape index (κ2) is 6.51. The van der Waals surface area contributed by atoms with Crippen LogP contribution in [0.2, 0.25) is 0 Å². The molecule has 0 aliphatic rings. The molecule has 4 heteroatoms. The van der Waals surface area contributed by atoms with Crippen LogP contribution in [-0.4, -0.2) is 19.5 Å². The Balaban J connectivity index is 0.00000225. The van der Waals surface area contributed by atoms with Crippen LogP contribution < -0.4 is 10.6 Å². The maximum absolute atomic E-state index is 11.4. The number of hydrogen-bond acceptors (Lipinski definition) is 2. The van der Waals surface area contributed by atoms with Crippen LogP contribution in [0.1, 0.15) is 16.7 Å². The van der Waals surface area contributed by atoms with E-state index in [-0.39, 0.29) is 18.3 Å². The normalized spacial score (nSPS) is 9.50. The lowest BCUT2D eigenvalue weighted by atomic mass is 10.1. The summed E-state index contributed by atoms with van der Waals surface area (Å²) in [5.41, 5.74) is 4.37. The molecule has 16 heavy (non-hydrogen) atoms. The lowest BCUT2D eigenvalue weighted by Gasteiger charge is -2.12. The summed E-state index contributed by atoms with van der Waals surface area (Å²) in [6.07, 6.45) is 0. The highest BCUT2D eigenvalue weighted by atomic mass is 35.5. The van der Waals surface area contributed by atoms with Crippen LogP contribution in [0.4, 0.5) is 5.69 Å². The van der Waals surface area contributed by atoms with Crippen LogP contribution >= 0.6 is 12.4 Å². The molecule has 0 saturated carbocycles. The van der Waals surface area contributed by atoms with Gasteiger partial charge < -0.3 is 10.6 Å². The molecule has 0 radical (unpaired) electrons. The fourth-order valence-corrected chi connectivity index (χ4v) is 1.72. The summed E-state index contributed by atoms with van der Waals surface area (Å²) in [6.45, 7) is 6.41. The summed E-state index contributed by atoms with van der Waals surface area (Å²) < 4.78 is 0. The molecule has 1 aromatic rings. The molecule has 1 aromatic carbocycles. The standard InChI is InChI=1S/C12H18N2O.ClH/c1-8-5-9(2)12(10(3)6-8)14-11(15)7-13-4;/h5-6,13H,7H2,1-4H3,(H,14,15);1H. The van der Waals surface area contributed by atoms with E-state index in [2.05, 4.69) is 29.7 Å². The number of likely N-dealkylation sites (N-methyl/N-ethyl adjacent to an activating group) is 1. The van der Waals surface area contributed by atoms with Gasteiger partial charge in [-0.1, -0.05) is 17.7 Å². The molecule has 0 aliphatic carbocycles. The van der Waals surface area contributed by atoms with Crippen molar-refractivity contribution in [1.82, 2.24) is 5.32 Å². The van der Waals surface area contributed by atoms with Crippen molar-refractivity contribution < 1.29 is 4.79 Å². The van der Waals surface area contributed by atoms with E-state index in [0.717, 1.165) is 16.8 Å². The largest absolute Gasteiger partial charge is 0.324 e. The molecule has 0 bridgehead atoms. The number of carbonyl (C=O) groups excluding carboxylic acids is 1. The molecular weight excluding hydrogens is 224 g/mol. The van der Waals surface area contributed by atoms with Crippen LogP contribution in [0.5, 0.6) is 0 Å². The number of amides is 1. The fraction of sp³-hybridized carbons (Fsp3) is 0.417. The highest BCUT2D eigenvalue weighted by Gasteiger charge is 2.06. The molecule has 0 heterocycles. The number of nitrogens with one attached hydrogen (secondary N) is 2. The van der Waals surface area contributed by atoms with Gasteiger partial charge in [0.15, 0.2) is 0 Å². The Bertz CT molecular complexity index is 354. The van der Waals surface area contributed by atoms with Crippen LogP contribution in [-0.2, 0) is 4.79 Å². The first-order valence-corrected chi connectivity index (χ1v) is 5.07. The topological polar surface area (TPSA) is 41.1 Å². The number of aryl methyl sites for hydroxylation is 3. The molecule has 3 nitrogen and oxygen atoms in total. The van der Waals surface area contributed by atoms with Gasteiger partial charge in [0.05, 0.1) is 6.54 Å². The van der Waals surface area contributed by atoms with Crippen LogP contribution in [0.25, 0.3) is 0 Å². The summed E-state index contributed by atoms with van der Waals surface area (Å²) in [7, 11) is 1.76. The van der Waals surface area contributed by atoms with Crippen molar-refractivity contribution in [2.75, 3.05) is 18.9 Å². The summed E-state index contributed by atoms with van der Waals surface area (Å²) in [5.74, 6) is -0.00690. The van der Waals surface area contributed by atoms with Crippen molar-refractivity contribution in [1.29, 1.82) is 0 Å². The van der Waals surface area contributed by atoms with Gasteiger partial charge in [0.1, 0.15) is 0 Å². The van der Waals surface area contributed by atoms with E-state index < -0.39 is 0 Å². The number of benzene rings is 1. The van der Waals surface area contributed by atoms with Crippen molar-refractivity contribution in [2.45, 2.75) is 20.8 Å².